The molecule has 0 spiro atoms. The van der Waals surface area contributed by atoms with Crippen LogP contribution in [0.2, 0.25) is 0 Å². The zero-order valence-corrected chi connectivity index (χ0v) is 28.1. The first-order valence-corrected chi connectivity index (χ1v) is 16.7. The van der Waals surface area contributed by atoms with Crippen molar-refractivity contribution in [1.82, 2.24) is 0 Å². The predicted octanol–water partition coefficient (Wildman–Crippen LogP) is 9.06. The van der Waals surface area contributed by atoms with Gasteiger partial charge in [0, 0.05) is 0 Å². The third kappa shape index (κ3) is 10.4. The van der Waals surface area contributed by atoms with Crippen LogP contribution in [-0.2, 0) is 18.9 Å². The van der Waals surface area contributed by atoms with E-state index < -0.39 is 23.9 Å². The van der Waals surface area contributed by atoms with Crippen LogP contribution >= 0.6 is 0 Å². The minimum atomic E-state index is -0.492. The molecular weight excluding hydrogens is 632 g/mol. The van der Waals surface area contributed by atoms with Crippen LogP contribution in [0.4, 0.5) is 0 Å². The fourth-order valence-electron chi connectivity index (χ4n) is 5.41. The number of esters is 4. The molecule has 0 N–H and O–H groups in total. The van der Waals surface area contributed by atoms with Gasteiger partial charge in [0.1, 0.15) is 13.2 Å². The predicted molar refractivity (Wildman–Crippen MR) is 193 cm³/mol. The van der Waals surface area contributed by atoms with E-state index in [4.69, 9.17) is 18.9 Å². The fraction of sp³-hybridized carbons (Fsp3) is 0.238. The second-order valence-corrected chi connectivity index (χ2v) is 11.3. The summed E-state index contributed by atoms with van der Waals surface area (Å²) in [5.74, 6) is -1.88. The summed E-state index contributed by atoms with van der Waals surface area (Å²) in [6.45, 7) is 7.90. The van der Waals surface area contributed by atoms with Crippen LogP contribution in [0, 0.1) is 0 Å². The lowest BCUT2D eigenvalue weighted by Gasteiger charge is -2.13. The van der Waals surface area contributed by atoms with Gasteiger partial charge in [-0.2, -0.15) is 0 Å². The highest BCUT2D eigenvalue weighted by Gasteiger charge is 2.21. The molecule has 4 rings (SSSR count). The van der Waals surface area contributed by atoms with E-state index in [2.05, 4.69) is 13.2 Å². The molecule has 0 amide bonds. The minimum absolute atomic E-state index is 0.0914. The van der Waals surface area contributed by atoms with E-state index >= 15 is 0 Å². The SMILES string of the molecule is C=CCOC(=O)c1ccccc1-c1ccccc1C(=O)OCCCCCCCCOC(=O)c1ccccc1-c1ccccc1C(=O)OCC=C. The van der Waals surface area contributed by atoms with Gasteiger partial charge in [-0.25, -0.2) is 19.2 Å². The number of benzene rings is 4. The van der Waals surface area contributed by atoms with Gasteiger partial charge in [0.05, 0.1) is 35.5 Å². The van der Waals surface area contributed by atoms with E-state index in [1.165, 1.54) is 12.2 Å². The van der Waals surface area contributed by atoms with E-state index in [-0.39, 0.29) is 26.4 Å². The van der Waals surface area contributed by atoms with E-state index in [1.54, 1.807) is 84.9 Å². The van der Waals surface area contributed by atoms with Gasteiger partial charge in [0.2, 0.25) is 0 Å². The molecule has 4 aromatic carbocycles. The molecule has 0 aliphatic carbocycles. The van der Waals surface area contributed by atoms with Crippen LogP contribution in [0.1, 0.15) is 80.0 Å². The van der Waals surface area contributed by atoms with Crippen molar-refractivity contribution in [3.05, 3.63) is 145 Å². The summed E-state index contributed by atoms with van der Waals surface area (Å²) in [4.78, 5) is 51.3. The maximum absolute atomic E-state index is 13.0. The van der Waals surface area contributed by atoms with Gasteiger partial charge in [-0.15, -0.1) is 0 Å². The van der Waals surface area contributed by atoms with Gasteiger partial charge in [-0.3, -0.25) is 0 Å². The maximum Gasteiger partial charge on any atom is 0.339 e. The number of hydrogen-bond donors (Lipinski definition) is 0. The highest BCUT2D eigenvalue weighted by Crippen LogP contribution is 2.30. The lowest BCUT2D eigenvalue weighted by Crippen LogP contribution is -2.11. The number of rotatable bonds is 19. The Hall–Kier alpha value is -5.76. The van der Waals surface area contributed by atoms with Crippen LogP contribution in [0.15, 0.2) is 122 Å². The Labute approximate surface area is 293 Å². The Balaban J connectivity index is 1.18. The van der Waals surface area contributed by atoms with Crippen LogP contribution in [0.5, 0.6) is 0 Å². The monoisotopic (exact) mass is 674 g/mol. The number of hydrogen-bond acceptors (Lipinski definition) is 8. The maximum atomic E-state index is 13.0. The highest BCUT2D eigenvalue weighted by atomic mass is 16.5. The molecule has 0 aliphatic rings. The molecule has 0 unspecified atom stereocenters. The number of carbonyl (C=O) groups excluding carboxylic acids is 4. The third-order valence-corrected chi connectivity index (χ3v) is 7.84. The number of carbonyl (C=O) groups is 4. The van der Waals surface area contributed by atoms with E-state index in [9.17, 15) is 19.2 Å². The molecule has 0 heterocycles. The normalized spacial score (nSPS) is 10.5. The molecule has 0 bridgehead atoms. The van der Waals surface area contributed by atoms with Crippen molar-refractivity contribution in [3.63, 3.8) is 0 Å². The molecule has 8 nitrogen and oxygen atoms in total. The number of unbranched alkanes of at least 4 members (excludes halogenated alkanes) is 5. The summed E-state index contributed by atoms with van der Waals surface area (Å²) >= 11 is 0. The van der Waals surface area contributed by atoms with Crippen LogP contribution in [-0.4, -0.2) is 50.3 Å². The topological polar surface area (TPSA) is 105 Å². The molecule has 0 aliphatic heterocycles. The van der Waals surface area contributed by atoms with Crippen molar-refractivity contribution in [1.29, 1.82) is 0 Å². The van der Waals surface area contributed by atoms with Gasteiger partial charge in [-0.1, -0.05) is 124 Å². The molecule has 0 saturated heterocycles. The van der Waals surface area contributed by atoms with E-state index in [1.807, 2.05) is 12.1 Å². The van der Waals surface area contributed by atoms with Gasteiger partial charge < -0.3 is 18.9 Å². The molecule has 0 saturated carbocycles. The van der Waals surface area contributed by atoms with Crippen LogP contribution < -0.4 is 0 Å². The fourth-order valence-corrected chi connectivity index (χ4v) is 5.41. The molecule has 8 heteroatoms. The molecule has 258 valence electrons. The molecule has 0 fully saturated rings. The molecule has 0 aromatic heterocycles. The largest absolute Gasteiger partial charge is 0.462 e. The average molecular weight is 675 g/mol. The molecule has 4 aromatic rings. The van der Waals surface area contributed by atoms with Crippen molar-refractivity contribution < 1.29 is 38.1 Å². The van der Waals surface area contributed by atoms with Crippen molar-refractivity contribution >= 4 is 23.9 Å². The molecule has 0 radical (unpaired) electrons. The summed E-state index contributed by atoms with van der Waals surface area (Å²) in [7, 11) is 0. The van der Waals surface area contributed by atoms with Gasteiger partial charge in [0.25, 0.3) is 0 Å². The summed E-state index contributed by atoms with van der Waals surface area (Å²) in [5.41, 5.74) is 3.86. The zero-order chi connectivity index (χ0) is 35.6. The average Bonchev–Trinajstić information content (AvgIpc) is 3.16. The smallest absolute Gasteiger partial charge is 0.339 e. The van der Waals surface area contributed by atoms with Crippen molar-refractivity contribution in [2.45, 2.75) is 38.5 Å². The van der Waals surface area contributed by atoms with E-state index in [0.717, 1.165) is 25.7 Å². The Morgan fingerprint density at radius 2 is 0.660 bits per heavy atom. The Morgan fingerprint density at radius 1 is 0.400 bits per heavy atom. The van der Waals surface area contributed by atoms with Crippen molar-refractivity contribution in [3.8, 4) is 22.3 Å². The zero-order valence-electron chi connectivity index (χ0n) is 28.1. The first kappa shape index (κ1) is 37.1. The molecule has 0 atom stereocenters. The second-order valence-electron chi connectivity index (χ2n) is 11.3. The quantitative estimate of drug-likeness (QED) is 0.0420. The summed E-state index contributed by atoms with van der Waals surface area (Å²) in [6.07, 6.45) is 8.10. The third-order valence-electron chi connectivity index (χ3n) is 7.84. The Bertz CT molecular complexity index is 1660. The molecule has 50 heavy (non-hydrogen) atoms. The summed E-state index contributed by atoms with van der Waals surface area (Å²) < 4.78 is 21.6. The summed E-state index contributed by atoms with van der Waals surface area (Å²) in [6, 6.07) is 28.1. The Morgan fingerprint density at radius 3 is 0.960 bits per heavy atom. The minimum Gasteiger partial charge on any atom is -0.462 e. The Kier molecular flexibility index (Phi) is 14.8. The number of ether oxygens (including phenoxy) is 4. The van der Waals surface area contributed by atoms with Gasteiger partial charge in [-0.05, 0) is 59.4 Å². The standard InChI is InChI=1S/C42H42O8/c1-3-27-47-39(43)35-23-13-9-19-31(35)33-21-11-15-25-37(33)41(45)49-29-17-7-5-6-8-18-30-50-42(46)38-26-16-12-22-34(38)32-20-10-14-24-36(32)40(44)48-28-4-2/h3-4,9-16,19-26H,1-2,5-8,17-18,27-30H2. The van der Waals surface area contributed by atoms with Crippen LogP contribution in [0.3, 0.4) is 0 Å². The first-order chi connectivity index (χ1) is 24.5. The van der Waals surface area contributed by atoms with Crippen molar-refractivity contribution in [2.24, 2.45) is 0 Å². The van der Waals surface area contributed by atoms with Gasteiger partial charge in [0.15, 0.2) is 0 Å². The molecular formula is C42H42O8. The first-order valence-electron chi connectivity index (χ1n) is 16.7. The van der Waals surface area contributed by atoms with E-state index in [0.29, 0.717) is 57.3 Å². The van der Waals surface area contributed by atoms with Crippen LogP contribution in [0.25, 0.3) is 22.3 Å². The summed E-state index contributed by atoms with van der Waals surface area (Å²) in [5, 5.41) is 0. The lowest BCUT2D eigenvalue weighted by atomic mass is 9.95. The van der Waals surface area contributed by atoms with Crippen molar-refractivity contribution in [2.75, 3.05) is 26.4 Å². The van der Waals surface area contributed by atoms with Gasteiger partial charge >= 0.3 is 23.9 Å². The second kappa shape index (κ2) is 19.9. The highest BCUT2D eigenvalue weighted by molar-refractivity contribution is 6.04. The lowest BCUT2D eigenvalue weighted by molar-refractivity contribution is 0.0485.